The van der Waals surface area contributed by atoms with Gasteiger partial charge in [-0.2, -0.15) is 14.9 Å². The van der Waals surface area contributed by atoms with Gasteiger partial charge < -0.3 is 0 Å². The molecular weight excluding hydrogens is 579 g/mol. The summed E-state index contributed by atoms with van der Waals surface area (Å²) >= 11 is 0. The van der Waals surface area contributed by atoms with E-state index in [1.54, 1.807) is 18.2 Å². The van der Waals surface area contributed by atoms with Crippen molar-refractivity contribution >= 4 is 39.2 Å². The Morgan fingerprint density at radius 3 is 1.80 bits per heavy atom. The average molecular weight is 585 g/mol. The van der Waals surface area contributed by atoms with Gasteiger partial charge in [-0.25, -0.2) is 43.7 Å². The third-order valence-electron chi connectivity index (χ3n) is 7.00. The Morgan fingerprint density at radius 2 is 1.27 bits per heavy atom. The molecule has 2 aliphatic rings. The molecule has 2 aromatic carbocycles. The third-order valence-corrected chi connectivity index (χ3v) is 7.00. The number of nitrogens with zero attached hydrogens (tertiary/aromatic N) is 9. The molecule has 0 spiro atoms. The number of nitriles is 4. The van der Waals surface area contributed by atoms with Gasteiger partial charge >= 0.3 is 0 Å². The molecule has 0 N–H and O–H groups in total. The molecule has 0 unspecified atom stereocenters. The largest absolute Gasteiger partial charge is 0.270 e. The van der Waals surface area contributed by atoms with Gasteiger partial charge in [0, 0.05) is 22.3 Å². The van der Waals surface area contributed by atoms with Gasteiger partial charge in [0.25, 0.3) is 11.4 Å². The summed E-state index contributed by atoms with van der Waals surface area (Å²) in [4.78, 5) is 16.5. The Kier molecular flexibility index (Phi) is 6.98. The second kappa shape index (κ2) is 10.9. The fraction of sp³-hybridized carbons (Fsp3) is 0. The molecule has 0 amide bonds. The van der Waals surface area contributed by atoms with Crippen LogP contribution in [-0.4, -0.2) is 4.98 Å². The lowest BCUT2D eigenvalue weighted by molar-refractivity contribution is 0.579. The standard InChI is InChI=1S/C33H6F3N9/c1-41-25-10-23(34)21(9-24(25)35)31-30(27(14-40)43-3)19-8-18-17(7-20(19)32(31)44-4)22(12-38)28(29(18)26(13-39)42-2)16-6-5-15(11-37)45-33(16)36/h5-10H/b29-26+,30-27-. The highest BCUT2D eigenvalue weighted by Crippen LogP contribution is 2.55. The maximum Gasteiger partial charge on any atom is 0.270 e. The second-order valence-electron chi connectivity index (χ2n) is 9.08. The molecule has 2 aliphatic carbocycles. The summed E-state index contributed by atoms with van der Waals surface area (Å²) in [6.07, 6.45) is 0. The predicted octanol–water partition coefficient (Wildman–Crippen LogP) is 7.48. The van der Waals surface area contributed by atoms with E-state index in [-0.39, 0.29) is 67.1 Å². The molecule has 12 heteroatoms. The Balaban J connectivity index is 1.96. The van der Waals surface area contributed by atoms with Crippen LogP contribution in [0.2, 0.25) is 0 Å². The number of hydrogen-bond acceptors (Lipinski definition) is 5. The van der Waals surface area contributed by atoms with Crippen LogP contribution in [0, 0.1) is 89.2 Å². The highest BCUT2D eigenvalue weighted by Gasteiger charge is 2.38. The summed E-state index contributed by atoms with van der Waals surface area (Å²) < 4.78 is 45.4. The smallest absolute Gasteiger partial charge is 0.237 e. The van der Waals surface area contributed by atoms with Gasteiger partial charge in [0.15, 0.2) is 0 Å². The van der Waals surface area contributed by atoms with E-state index in [4.69, 9.17) is 31.6 Å². The molecule has 0 aliphatic heterocycles. The number of hydrogen-bond donors (Lipinski definition) is 0. The molecule has 3 aromatic rings. The topological polar surface area (TPSA) is 125 Å². The molecule has 5 rings (SSSR count). The minimum Gasteiger partial charge on any atom is -0.237 e. The van der Waals surface area contributed by atoms with E-state index < -0.39 is 40.2 Å². The number of aromatic nitrogens is 1. The van der Waals surface area contributed by atoms with Crippen LogP contribution in [-0.2, 0) is 0 Å². The summed E-state index contributed by atoms with van der Waals surface area (Å²) in [5.41, 5.74) is -4.31. The molecule has 0 atom stereocenters. The van der Waals surface area contributed by atoms with Crippen LogP contribution in [0.3, 0.4) is 0 Å². The zero-order valence-electron chi connectivity index (χ0n) is 22.1. The molecule has 45 heavy (non-hydrogen) atoms. The van der Waals surface area contributed by atoms with Gasteiger partial charge in [0.1, 0.15) is 29.5 Å². The first kappa shape index (κ1) is 28.8. The first-order valence-electron chi connectivity index (χ1n) is 12.2. The van der Waals surface area contributed by atoms with Crippen LogP contribution in [0.4, 0.5) is 18.9 Å². The van der Waals surface area contributed by atoms with Crippen molar-refractivity contribution in [1.29, 1.82) is 21.0 Å². The molecule has 9 nitrogen and oxygen atoms in total. The van der Waals surface area contributed by atoms with Crippen LogP contribution in [0.15, 0.2) is 47.8 Å². The van der Waals surface area contributed by atoms with Gasteiger partial charge in [-0.3, -0.25) is 0 Å². The summed E-state index contributed by atoms with van der Waals surface area (Å²) in [6, 6.07) is 13.3. The Bertz CT molecular complexity index is 2410. The first-order chi connectivity index (χ1) is 21.7. The third kappa shape index (κ3) is 4.15. The quantitative estimate of drug-likeness (QED) is 0.175. The van der Waals surface area contributed by atoms with Crippen LogP contribution >= 0.6 is 0 Å². The highest BCUT2D eigenvalue weighted by molar-refractivity contribution is 6.29. The van der Waals surface area contributed by atoms with Crippen molar-refractivity contribution in [2.75, 3.05) is 0 Å². The van der Waals surface area contributed by atoms with Gasteiger partial charge in [0.05, 0.1) is 44.0 Å². The number of allylic oxidation sites excluding steroid dienone is 7. The highest BCUT2D eigenvalue weighted by atomic mass is 19.1. The van der Waals surface area contributed by atoms with Crippen molar-refractivity contribution in [1.82, 2.24) is 4.98 Å². The monoisotopic (exact) mass is 585 g/mol. The fourth-order valence-corrected chi connectivity index (χ4v) is 5.22. The van der Waals surface area contributed by atoms with E-state index in [1.807, 2.05) is 6.07 Å². The Hall–Kier alpha value is -7.74. The maximum atomic E-state index is 15.4. The summed E-state index contributed by atoms with van der Waals surface area (Å²) in [5.74, 6) is -3.39. The Morgan fingerprint density at radius 1 is 0.644 bits per heavy atom. The average Bonchev–Trinajstić information content (AvgIpc) is 3.53. The lowest BCUT2D eigenvalue weighted by Gasteiger charge is -2.13. The number of fused-ring (bicyclic) bond motifs is 2. The summed E-state index contributed by atoms with van der Waals surface area (Å²) in [7, 11) is 0. The zero-order valence-corrected chi connectivity index (χ0v) is 22.1. The summed E-state index contributed by atoms with van der Waals surface area (Å²) in [5, 5.41) is 39.1. The van der Waals surface area contributed by atoms with Gasteiger partial charge in [0.2, 0.25) is 17.3 Å². The molecule has 0 saturated heterocycles. The van der Waals surface area contributed by atoms with Crippen molar-refractivity contribution in [2.24, 2.45) is 0 Å². The van der Waals surface area contributed by atoms with Gasteiger partial charge in [-0.05, 0) is 63.7 Å². The minimum atomic E-state index is -1.17. The first-order valence-corrected chi connectivity index (χ1v) is 12.2. The number of benzene rings is 2. The predicted molar refractivity (Wildman–Crippen MR) is 152 cm³/mol. The normalized spacial score (nSPS) is 14.7. The molecule has 1 aromatic heterocycles. The fourth-order valence-electron chi connectivity index (χ4n) is 5.22. The minimum absolute atomic E-state index is 0.00639. The van der Waals surface area contributed by atoms with E-state index in [0.717, 1.165) is 6.07 Å². The van der Waals surface area contributed by atoms with Crippen LogP contribution < -0.4 is 0 Å². The summed E-state index contributed by atoms with van der Waals surface area (Å²) in [6.45, 7) is 30.2. The van der Waals surface area contributed by atoms with Crippen molar-refractivity contribution < 1.29 is 13.2 Å². The molecule has 204 valence electrons. The second-order valence-corrected chi connectivity index (χ2v) is 9.08. The molecule has 0 radical (unpaired) electrons. The maximum absolute atomic E-state index is 15.4. The molecule has 0 saturated carbocycles. The number of pyridine rings is 1. The van der Waals surface area contributed by atoms with E-state index in [9.17, 15) is 20.2 Å². The van der Waals surface area contributed by atoms with Gasteiger partial charge in [-0.15, -0.1) is 0 Å². The molecular formula is C33H6F3N9. The van der Waals surface area contributed by atoms with Crippen LogP contribution in [0.25, 0.3) is 52.9 Å². The van der Waals surface area contributed by atoms with Crippen LogP contribution in [0.1, 0.15) is 39.1 Å². The Labute approximate surface area is 252 Å². The lowest BCUT2D eigenvalue weighted by Crippen LogP contribution is -1.98. The van der Waals surface area contributed by atoms with E-state index in [0.29, 0.717) is 12.1 Å². The van der Waals surface area contributed by atoms with E-state index in [1.165, 1.54) is 18.2 Å². The van der Waals surface area contributed by atoms with Crippen molar-refractivity contribution in [2.45, 2.75) is 0 Å². The number of rotatable bonds is 2. The zero-order chi connectivity index (χ0) is 32.6. The van der Waals surface area contributed by atoms with Gasteiger partial charge in [-0.1, -0.05) is 6.07 Å². The van der Waals surface area contributed by atoms with E-state index >= 15 is 8.78 Å². The van der Waals surface area contributed by atoms with E-state index in [2.05, 4.69) is 24.4 Å². The number of halogens is 3. The molecule has 0 bridgehead atoms. The van der Waals surface area contributed by atoms with Crippen molar-refractivity contribution in [3.8, 4) is 24.3 Å². The van der Waals surface area contributed by atoms with Crippen LogP contribution in [0.5, 0.6) is 0 Å². The van der Waals surface area contributed by atoms with Crippen molar-refractivity contribution in [3.63, 3.8) is 0 Å². The van der Waals surface area contributed by atoms with Crippen molar-refractivity contribution in [3.05, 3.63) is 150 Å². The molecule has 1 heterocycles. The SMILES string of the molecule is [C-]#[N+]C1=C(c2cc(F)c([N+]#[C-])cc2F)/C(=C(/C#N)[N+]#[C-])c2cc3c(cc21)C(C#N)=C(c1ccc(C#N)nc1F)/C3=C(\C#N)[N+]#[C-]. The molecule has 0 fully saturated rings. The lowest BCUT2D eigenvalue weighted by atomic mass is 9.91.